The van der Waals surface area contributed by atoms with Crippen LogP contribution in [0.5, 0.6) is 0 Å². The SMILES string of the molecule is CN(C)CCC(=O)NC(C)(C)CCO[N+](=O)[O-]. The second-order valence-electron chi connectivity index (χ2n) is 4.79. The van der Waals surface area contributed by atoms with E-state index in [2.05, 4.69) is 10.2 Å². The molecule has 0 aliphatic heterocycles. The predicted octanol–water partition coefficient (Wildman–Crippen LogP) is 0.431. The van der Waals surface area contributed by atoms with Crippen molar-refractivity contribution in [3.8, 4) is 0 Å². The summed E-state index contributed by atoms with van der Waals surface area (Å²) in [5.41, 5.74) is -0.501. The van der Waals surface area contributed by atoms with Crippen LogP contribution in [0.25, 0.3) is 0 Å². The molecule has 0 fully saturated rings. The van der Waals surface area contributed by atoms with Crippen molar-refractivity contribution in [3.05, 3.63) is 10.1 Å². The van der Waals surface area contributed by atoms with E-state index in [4.69, 9.17) is 0 Å². The Kier molecular flexibility index (Phi) is 6.48. The van der Waals surface area contributed by atoms with E-state index in [9.17, 15) is 14.9 Å². The van der Waals surface area contributed by atoms with E-state index in [1.54, 1.807) is 0 Å². The Bertz CT molecular complexity index is 266. The van der Waals surface area contributed by atoms with Crippen molar-refractivity contribution in [1.29, 1.82) is 0 Å². The zero-order valence-corrected chi connectivity index (χ0v) is 10.9. The summed E-state index contributed by atoms with van der Waals surface area (Å²) in [6.45, 7) is 4.27. The molecule has 0 spiro atoms. The first-order chi connectivity index (χ1) is 7.73. The average molecular weight is 247 g/mol. The van der Waals surface area contributed by atoms with Crippen molar-refractivity contribution in [3.63, 3.8) is 0 Å². The second kappa shape index (κ2) is 7.05. The van der Waals surface area contributed by atoms with Gasteiger partial charge in [0.25, 0.3) is 5.09 Å². The van der Waals surface area contributed by atoms with Gasteiger partial charge in [0, 0.05) is 18.5 Å². The first-order valence-electron chi connectivity index (χ1n) is 5.46. The molecule has 0 aliphatic carbocycles. The fraction of sp³-hybridized carbons (Fsp3) is 0.900. The maximum atomic E-state index is 11.5. The Hall–Kier alpha value is -1.37. The lowest BCUT2D eigenvalue weighted by Gasteiger charge is -2.26. The molecule has 0 atom stereocenters. The third kappa shape index (κ3) is 9.55. The van der Waals surface area contributed by atoms with E-state index in [1.807, 2.05) is 32.8 Å². The lowest BCUT2D eigenvalue weighted by molar-refractivity contribution is -0.758. The van der Waals surface area contributed by atoms with Crippen LogP contribution in [0.1, 0.15) is 26.7 Å². The minimum atomic E-state index is -0.829. The molecular weight excluding hydrogens is 226 g/mol. The maximum absolute atomic E-state index is 11.5. The summed E-state index contributed by atoms with van der Waals surface area (Å²) in [5, 5.41) is 12.0. The van der Waals surface area contributed by atoms with Crippen LogP contribution in [0.15, 0.2) is 0 Å². The van der Waals surface area contributed by atoms with E-state index in [0.717, 1.165) is 0 Å². The molecule has 0 saturated heterocycles. The van der Waals surface area contributed by atoms with Gasteiger partial charge in [-0.05, 0) is 34.4 Å². The Morgan fingerprint density at radius 1 is 1.47 bits per heavy atom. The lowest BCUT2D eigenvalue weighted by atomic mass is 10.0. The summed E-state index contributed by atoms with van der Waals surface area (Å²) in [6.07, 6.45) is 0.800. The van der Waals surface area contributed by atoms with Crippen LogP contribution in [-0.2, 0) is 9.63 Å². The third-order valence-corrected chi connectivity index (χ3v) is 2.19. The highest BCUT2D eigenvalue weighted by Gasteiger charge is 2.20. The summed E-state index contributed by atoms with van der Waals surface area (Å²) in [5.74, 6) is -0.0650. The van der Waals surface area contributed by atoms with Crippen LogP contribution >= 0.6 is 0 Å². The zero-order valence-electron chi connectivity index (χ0n) is 10.9. The average Bonchev–Trinajstić information content (AvgIpc) is 2.12. The van der Waals surface area contributed by atoms with Crippen LogP contribution < -0.4 is 5.32 Å². The smallest absolute Gasteiger partial charge is 0.294 e. The van der Waals surface area contributed by atoms with Crippen LogP contribution in [0.3, 0.4) is 0 Å². The summed E-state index contributed by atoms with van der Waals surface area (Å²) >= 11 is 0. The summed E-state index contributed by atoms with van der Waals surface area (Å²) < 4.78 is 0. The molecular formula is C10H21N3O4. The Labute approximate surface area is 101 Å². The molecule has 0 aromatic heterocycles. The van der Waals surface area contributed by atoms with Gasteiger partial charge in [0.15, 0.2) is 0 Å². The van der Waals surface area contributed by atoms with Crippen molar-refractivity contribution in [2.24, 2.45) is 0 Å². The number of hydrogen-bond donors (Lipinski definition) is 1. The third-order valence-electron chi connectivity index (χ3n) is 2.19. The molecule has 0 bridgehead atoms. The molecule has 0 rings (SSSR count). The molecule has 0 aromatic rings. The van der Waals surface area contributed by atoms with Gasteiger partial charge in [0.1, 0.15) is 0 Å². The van der Waals surface area contributed by atoms with E-state index in [-0.39, 0.29) is 12.5 Å². The normalized spacial score (nSPS) is 11.4. The minimum absolute atomic E-state index is 0.0199. The van der Waals surface area contributed by atoms with Gasteiger partial charge in [-0.3, -0.25) is 4.79 Å². The van der Waals surface area contributed by atoms with Crippen molar-refractivity contribution in [2.75, 3.05) is 27.2 Å². The number of rotatable bonds is 8. The van der Waals surface area contributed by atoms with Crippen LogP contribution in [0, 0.1) is 10.1 Å². The van der Waals surface area contributed by atoms with Crippen molar-refractivity contribution < 1.29 is 14.7 Å². The number of hydrogen-bond acceptors (Lipinski definition) is 5. The van der Waals surface area contributed by atoms with Crippen LogP contribution in [-0.4, -0.2) is 48.7 Å². The van der Waals surface area contributed by atoms with Gasteiger partial charge < -0.3 is 15.1 Å². The largest absolute Gasteiger partial charge is 0.351 e. The molecule has 7 heteroatoms. The Morgan fingerprint density at radius 3 is 2.53 bits per heavy atom. The number of carbonyl (C=O) groups excluding carboxylic acids is 1. The molecule has 1 amide bonds. The molecule has 0 aromatic carbocycles. The molecule has 0 saturated carbocycles. The zero-order chi connectivity index (χ0) is 13.5. The van der Waals surface area contributed by atoms with Crippen molar-refractivity contribution in [2.45, 2.75) is 32.2 Å². The Morgan fingerprint density at radius 2 is 2.06 bits per heavy atom. The molecule has 1 N–H and O–H groups in total. The topological polar surface area (TPSA) is 84.7 Å². The molecule has 0 heterocycles. The number of carbonyl (C=O) groups is 1. The van der Waals surface area contributed by atoms with E-state index < -0.39 is 10.6 Å². The van der Waals surface area contributed by atoms with Gasteiger partial charge in [-0.15, -0.1) is 10.1 Å². The quantitative estimate of drug-likeness (QED) is 0.496. The van der Waals surface area contributed by atoms with Gasteiger partial charge >= 0.3 is 0 Å². The molecule has 7 nitrogen and oxygen atoms in total. The van der Waals surface area contributed by atoms with Crippen LogP contribution in [0.4, 0.5) is 0 Å². The number of nitrogens with zero attached hydrogens (tertiary/aromatic N) is 2. The highest BCUT2D eigenvalue weighted by molar-refractivity contribution is 5.76. The standard InChI is InChI=1S/C10H21N3O4/c1-10(2,6-8-17-13(15)16)11-9(14)5-7-12(3)4/h5-8H2,1-4H3,(H,11,14). The molecule has 100 valence electrons. The highest BCUT2D eigenvalue weighted by atomic mass is 16.9. The minimum Gasteiger partial charge on any atom is -0.351 e. The molecule has 17 heavy (non-hydrogen) atoms. The summed E-state index contributed by atoms with van der Waals surface area (Å²) in [6, 6.07) is 0. The number of nitrogens with one attached hydrogen (secondary N) is 1. The first kappa shape index (κ1) is 15.6. The lowest BCUT2D eigenvalue weighted by Crippen LogP contribution is -2.45. The van der Waals surface area contributed by atoms with Gasteiger partial charge in [-0.1, -0.05) is 0 Å². The molecule has 0 radical (unpaired) electrons. The van der Waals surface area contributed by atoms with Gasteiger partial charge in [-0.2, -0.15) is 0 Å². The van der Waals surface area contributed by atoms with E-state index in [1.165, 1.54) is 0 Å². The van der Waals surface area contributed by atoms with E-state index in [0.29, 0.717) is 19.4 Å². The van der Waals surface area contributed by atoms with Gasteiger partial charge in [0.05, 0.1) is 6.61 Å². The number of amides is 1. The predicted molar refractivity (Wildman–Crippen MR) is 63.0 cm³/mol. The fourth-order valence-electron chi connectivity index (χ4n) is 1.20. The summed E-state index contributed by atoms with van der Waals surface area (Å²) in [4.78, 5) is 27.7. The molecule has 0 aliphatic rings. The summed E-state index contributed by atoms with van der Waals surface area (Å²) in [7, 11) is 3.78. The molecule has 0 unspecified atom stereocenters. The highest BCUT2D eigenvalue weighted by Crippen LogP contribution is 2.08. The van der Waals surface area contributed by atoms with Gasteiger partial charge in [-0.25, -0.2) is 0 Å². The maximum Gasteiger partial charge on any atom is 0.294 e. The van der Waals surface area contributed by atoms with Crippen LogP contribution in [0.2, 0.25) is 0 Å². The van der Waals surface area contributed by atoms with E-state index >= 15 is 0 Å². The van der Waals surface area contributed by atoms with Crippen molar-refractivity contribution >= 4 is 5.91 Å². The fourth-order valence-corrected chi connectivity index (χ4v) is 1.20. The first-order valence-corrected chi connectivity index (χ1v) is 5.46. The Balaban J connectivity index is 3.89. The second-order valence-corrected chi connectivity index (χ2v) is 4.79. The van der Waals surface area contributed by atoms with Gasteiger partial charge in [0.2, 0.25) is 5.91 Å². The monoisotopic (exact) mass is 247 g/mol. The van der Waals surface area contributed by atoms with Crippen molar-refractivity contribution in [1.82, 2.24) is 10.2 Å².